The Balaban J connectivity index is 2.38. The van der Waals surface area contributed by atoms with Crippen molar-refractivity contribution in [3.63, 3.8) is 0 Å². The van der Waals surface area contributed by atoms with Crippen molar-refractivity contribution in [2.45, 2.75) is 39.0 Å². The van der Waals surface area contributed by atoms with Crippen molar-refractivity contribution in [2.24, 2.45) is 0 Å². The topological polar surface area (TPSA) is 40.5 Å². The Bertz CT molecular complexity index is 373. The lowest BCUT2D eigenvalue weighted by molar-refractivity contribution is 0.426. The zero-order valence-electron chi connectivity index (χ0n) is 10.3. The van der Waals surface area contributed by atoms with Crippen LogP contribution in [-0.2, 0) is 0 Å². The van der Waals surface area contributed by atoms with Gasteiger partial charge in [0, 0.05) is 12.0 Å². The third kappa shape index (κ3) is 5.58. The fourth-order valence-corrected chi connectivity index (χ4v) is 1.54. The van der Waals surface area contributed by atoms with E-state index in [-0.39, 0.29) is 0 Å². The quantitative estimate of drug-likeness (QED) is 0.459. The van der Waals surface area contributed by atoms with Crippen LogP contribution >= 0.6 is 0 Å². The molecule has 0 aliphatic carbocycles. The van der Waals surface area contributed by atoms with E-state index in [0.717, 1.165) is 18.4 Å². The molecular formula is C14H19BO2. The third-order valence-corrected chi connectivity index (χ3v) is 2.60. The Morgan fingerprint density at radius 2 is 1.76 bits per heavy atom. The van der Waals surface area contributed by atoms with E-state index in [9.17, 15) is 0 Å². The molecule has 0 amide bonds. The summed E-state index contributed by atoms with van der Waals surface area (Å²) in [4.78, 5) is 0. The molecule has 0 bridgehead atoms. The largest absolute Gasteiger partial charge is 0.488 e. The first-order valence-corrected chi connectivity index (χ1v) is 6.19. The molecule has 0 spiro atoms. The van der Waals surface area contributed by atoms with E-state index in [1.54, 1.807) is 12.1 Å². The predicted molar refractivity (Wildman–Crippen MR) is 71.9 cm³/mol. The van der Waals surface area contributed by atoms with E-state index < -0.39 is 7.12 Å². The van der Waals surface area contributed by atoms with E-state index in [0.29, 0.717) is 5.46 Å². The molecule has 0 aliphatic rings. The standard InChI is InChI=1S/C14H19BO2/c1-2-3-4-5-6-7-8-13-9-11-14(12-10-13)15(16)17/h9-12,16-17H,2-6H2,1H3. The molecule has 0 aliphatic heterocycles. The zero-order chi connectivity index (χ0) is 12.5. The first-order chi connectivity index (χ1) is 8.24. The van der Waals surface area contributed by atoms with Crippen molar-refractivity contribution < 1.29 is 10.0 Å². The Morgan fingerprint density at radius 1 is 1.06 bits per heavy atom. The van der Waals surface area contributed by atoms with Gasteiger partial charge in [0.1, 0.15) is 0 Å². The van der Waals surface area contributed by atoms with Crippen LogP contribution in [-0.4, -0.2) is 17.2 Å². The maximum Gasteiger partial charge on any atom is 0.488 e. The van der Waals surface area contributed by atoms with Gasteiger partial charge in [0.25, 0.3) is 0 Å². The van der Waals surface area contributed by atoms with E-state index >= 15 is 0 Å². The number of hydrogen-bond donors (Lipinski definition) is 2. The molecule has 0 fully saturated rings. The Hall–Kier alpha value is -1.24. The Kier molecular flexibility index (Phi) is 6.46. The van der Waals surface area contributed by atoms with E-state index in [1.807, 2.05) is 12.1 Å². The monoisotopic (exact) mass is 230 g/mol. The highest BCUT2D eigenvalue weighted by Crippen LogP contribution is 2.01. The van der Waals surface area contributed by atoms with Crippen molar-refractivity contribution >= 4 is 12.6 Å². The van der Waals surface area contributed by atoms with Crippen LogP contribution in [0.4, 0.5) is 0 Å². The fourth-order valence-electron chi connectivity index (χ4n) is 1.54. The van der Waals surface area contributed by atoms with Crippen molar-refractivity contribution in [1.82, 2.24) is 0 Å². The average Bonchev–Trinajstić information content (AvgIpc) is 2.34. The van der Waals surface area contributed by atoms with Gasteiger partial charge >= 0.3 is 7.12 Å². The third-order valence-electron chi connectivity index (χ3n) is 2.60. The first-order valence-electron chi connectivity index (χ1n) is 6.19. The Morgan fingerprint density at radius 3 is 2.35 bits per heavy atom. The second-order valence-corrected chi connectivity index (χ2v) is 4.11. The molecule has 0 aromatic heterocycles. The summed E-state index contributed by atoms with van der Waals surface area (Å²) < 4.78 is 0. The van der Waals surface area contributed by atoms with Gasteiger partial charge in [0.05, 0.1) is 0 Å². The summed E-state index contributed by atoms with van der Waals surface area (Å²) in [5.74, 6) is 6.21. The summed E-state index contributed by atoms with van der Waals surface area (Å²) in [5, 5.41) is 17.9. The van der Waals surface area contributed by atoms with Gasteiger partial charge in [-0.1, -0.05) is 50.2 Å². The highest BCUT2D eigenvalue weighted by Gasteiger charge is 2.08. The normalized spacial score (nSPS) is 9.59. The predicted octanol–water partition coefficient (Wildman–Crippen LogP) is 1.69. The molecule has 3 heteroatoms. The molecular weight excluding hydrogens is 211 g/mol. The number of benzene rings is 1. The van der Waals surface area contributed by atoms with Crippen LogP contribution in [0.3, 0.4) is 0 Å². The van der Waals surface area contributed by atoms with E-state index in [4.69, 9.17) is 10.0 Å². The molecule has 90 valence electrons. The van der Waals surface area contributed by atoms with E-state index in [1.165, 1.54) is 19.3 Å². The Labute approximate surface area is 104 Å². The highest BCUT2D eigenvalue weighted by molar-refractivity contribution is 6.58. The van der Waals surface area contributed by atoms with Gasteiger partial charge in [0.15, 0.2) is 0 Å². The fraction of sp³-hybridized carbons (Fsp3) is 0.429. The van der Waals surface area contributed by atoms with Gasteiger partial charge in [0.2, 0.25) is 0 Å². The van der Waals surface area contributed by atoms with Crippen LogP contribution in [0.1, 0.15) is 44.6 Å². The number of unbranched alkanes of at least 4 members (excludes halogenated alkanes) is 4. The molecule has 2 N–H and O–H groups in total. The summed E-state index contributed by atoms with van der Waals surface area (Å²) in [7, 11) is -1.40. The molecule has 0 radical (unpaired) electrons. The lowest BCUT2D eigenvalue weighted by Crippen LogP contribution is -2.29. The lowest BCUT2D eigenvalue weighted by atomic mass is 9.80. The summed E-state index contributed by atoms with van der Waals surface area (Å²) in [5.41, 5.74) is 1.42. The molecule has 0 heterocycles. The molecule has 0 saturated heterocycles. The highest BCUT2D eigenvalue weighted by atomic mass is 16.4. The van der Waals surface area contributed by atoms with Gasteiger partial charge in [-0.25, -0.2) is 0 Å². The molecule has 0 atom stereocenters. The van der Waals surface area contributed by atoms with Crippen LogP contribution in [0.25, 0.3) is 0 Å². The minimum Gasteiger partial charge on any atom is -0.423 e. The minimum absolute atomic E-state index is 0.499. The smallest absolute Gasteiger partial charge is 0.423 e. The van der Waals surface area contributed by atoms with Crippen LogP contribution in [0, 0.1) is 11.8 Å². The van der Waals surface area contributed by atoms with Gasteiger partial charge in [-0.3, -0.25) is 0 Å². The number of hydrogen-bond acceptors (Lipinski definition) is 2. The van der Waals surface area contributed by atoms with Crippen molar-refractivity contribution in [2.75, 3.05) is 0 Å². The molecule has 1 aromatic rings. The van der Waals surface area contributed by atoms with Crippen molar-refractivity contribution in [1.29, 1.82) is 0 Å². The second kappa shape index (κ2) is 7.94. The van der Waals surface area contributed by atoms with Crippen molar-refractivity contribution in [3.05, 3.63) is 29.8 Å². The van der Waals surface area contributed by atoms with E-state index in [2.05, 4.69) is 18.8 Å². The van der Waals surface area contributed by atoms with Crippen LogP contribution in [0.15, 0.2) is 24.3 Å². The summed E-state index contributed by atoms with van der Waals surface area (Å²) in [6.45, 7) is 2.20. The summed E-state index contributed by atoms with van der Waals surface area (Å²) >= 11 is 0. The molecule has 0 unspecified atom stereocenters. The number of rotatable bonds is 5. The summed E-state index contributed by atoms with van der Waals surface area (Å²) in [6.07, 6.45) is 5.88. The molecule has 0 saturated carbocycles. The SMILES string of the molecule is CCCCCCC#Cc1ccc(B(O)O)cc1. The van der Waals surface area contributed by atoms with Crippen LogP contribution in [0.5, 0.6) is 0 Å². The van der Waals surface area contributed by atoms with Gasteiger partial charge < -0.3 is 10.0 Å². The molecule has 17 heavy (non-hydrogen) atoms. The lowest BCUT2D eigenvalue weighted by Gasteiger charge is -1.97. The zero-order valence-corrected chi connectivity index (χ0v) is 10.3. The molecule has 1 aromatic carbocycles. The van der Waals surface area contributed by atoms with Crippen molar-refractivity contribution in [3.8, 4) is 11.8 Å². The minimum atomic E-state index is -1.40. The van der Waals surface area contributed by atoms with Crippen LogP contribution < -0.4 is 5.46 Å². The van der Waals surface area contributed by atoms with Crippen LogP contribution in [0.2, 0.25) is 0 Å². The maximum atomic E-state index is 8.93. The summed E-state index contributed by atoms with van der Waals surface area (Å²) in [6, 6.07) is 7.00. The molecule has 2 nitrogen and oxygen atoms in total. The molecule has 1 rings (SSSR count). The maximum absolute atomic E-state index is 8.93. The van der Waals surface area contributed by atoms with Gasteiger partial charge in [-0.2, -0.15) is 0 Å². The average molecular weight is 230 g/mol. The first kappa shape index (κ1) is 13.8. The van der Waals surface area contributed by atoms with Gasteiger partial charge in [-0.15, -0.1) is 0 Å². The second-order valence-electron chi connectivity index (χ2n) is 4.11. The van der Waals surface area contributed by atoms with Gasteiger partial charge in [-0.05, 0) is 24.0 Å².